The maximum absolute atomic E-state index is 13.2. The van der Waals surface area contributed by atoms with Crippen LogP contribution >= 0.6 is 34.7 Å². The fourth-order valence-electron chi connectivity index (χ4n) is 4.57. The van der Waals surface area contributed by atoms with Crippen LogP contribution in [0.25, 0.3) is 0 Å². The van der Waals surface area contributed by atoms with Gasteiger partial charge in [0.05, 0.1) is 38.9 Å². The van der Waals surface area contributed by atoms with Gasteiger partial charge < -0.3 is 11.1 Å². The summed E-state index contributed by atoms with van der Waals surface area (Å²) in [6, 6.07) is 9.51. The van der Waals surface area contributed by atoms with Crippen molar-refractivity contribution in [1.82, 2.24) is 15.2 Å². The Labute approximate surface area is 240 Å². The maximum Gasteiger partial charge on any atom is 0.271 e. The molecule has 3 heterocycles. The summed E-state index contributed by atoms with van der Waals surface area (Å²) in [7, 11) is 0. The fraction of sp³-hybridized carbons (Fsp3) is 0.200. The third kappa shape index (κ3) is 5.26. The predicted molar refractivity (Wildman–Crippen MR) is 150 cm³/mol. The molecule has 2 aliphatic rings. The van der Waals surface area contributed by atoms with Gasteiger partial charge in [0, 0.05) is 42.2 Å². The van der Waals surface area contributed by atoms with E-state index in [1.807, 2.05) is 6.07 Å². The number of carbonyl (C=O) groups is 2. The number of ketones is 1. The number of thioether (sulfide) groups is 1. The minimum atomic E-state index is -0.621. The van der Waals surface area contributed by atoms with Gasteiger partial charge in [0.25, 0.3) is 5.69 Å². The van der Waals surface area contributed by atoms with Crippen LogP contribution in [0.1, 0.15) is 30.7 Å². The third-order valence-corrected chi connectivity index (χ3v) is 8.65. The molecule has 0 bridgehead atoms. The Morgan fingerprint density at radius 3 is 2.90 bits per heavy atom. The molecule has 0 radical (unpaired) electrons. The van der Waals surface area contributed by atoms with Gasteiger partial charge in [-0.2, -0.15) is 5.26 Å². The number of allylic oxidation sites excluding steroid dienone is 3. The second-order valence-electron chi connectivity index (χ2n) is 8.71. The van der Waals surface area contributed by atoms with Crippen molar-refractivity contribution in [3.8, 4) is 6.07 Å². The molecule has 40 heavy (non-hydrogen) atoms. The van der Waals surface area contributed by atoms with Crippen molar-refractivity contribution in [3.63, 3.8) is 0 Å². The molecule has 1 aliphatic carbocycles. The average Bonchev–Trinajstić information content (AvgIpc) is 3.41. The molecule has 0 saturated carbocycles. The number of anilines is 2. The van der Waals surface area contributed by atoms with Crippen molar-refractivity contribution in [1.29, 1.82) is 5.26 Å². The zero-order valence-electron chi connectivity index (χ0n) is 20.5. The first kappa shape index (κ1) is 27.3. The standard InChI is InChI=1S/C25H19ClN8O4S2/c26-16-7-6-14(34(37)38)9-17(16)30-20(36)12-39-25-32-31-24(40-25)33-18-4-1-5-19(35)22(18)21(15(10-27)23(33)28)13-3-2-8-29-11-13/h2-3,6-9,11,21H,1,4-5,12,28H2,(H,30,36). The van der Waals surface area contributed by atoms with Crippen molar-refractivity contribution in [2.45, 2.75) is 29.5 Å². The second kappa shape index (κ2) is 11.4. The molecule has 12 nitrogen and oxygen atoms in total. The molecule has 202 valence electrons. The molecule has 1 atom stereocenters. The number of nitro benzene ring substituents is 1. The lowest BCUT2D eigenvalue weighted by atomic mass is 9.76. The highest BCUT2D eigenvalue weighted by Gasteiger charge is 2.41. The predicted octanol–water partition coefficient (Wildman–Crippen LogP) is 4.53. The molecule has 5 rings (SSSR count). The van der Waals surface area contributed by atoms with Crippen LogP contribution in [0.5, 0.6) is 0 Å². The van der Waals surface area contributed by atoms with E-state index in [0.29, 0.717) is 45.6 Å². The van der Waals surface area contributed by atoms with Gasteiger partial charge in [-0.15, -0.1) is 10.2 Å². The van der Waals surface area contributed by atoms with E-state index in [-0.39, 0.29) is 39.3 Å². The first-order valence-corrected chi connectivity index (χ1v) is 14.0. The molecule has 1 unspecified atom stereocenters. The van der Waals surface area contributed by atoms with Gasteiger partial charge in [-0.1, -0.05) is 40.8 Å². The second-order valence-corrected chi connectivity index (χ2v) is 11.3. The minimum Gasteiger partial charge on any atom is -0.384 e. The van der Waals surface area contributed by atoms with Crippen LogP contribution < -0.4 is 16.0 Å². The highest BCUT2D eigenvalue weighted by atomic mass is 35.5. The number of rotatable bonds is 7. The van der Waals surface area contributed by atoms with E-state index in [1.54, 1.807) is 23.4 Å². The van der Waals surface area contributed by atoms with Gasteiger partial charge in [0.1, 0.15) is 5.82 Å². The molecular weight excluding hydrogens is 576 g/mol. The van der Waals surface area contributed by atoms with Crippen LogP contribution in [0.2, 0.25) is 5.02 Å². The summed E-state index contributed by atoms with van der Waals surface area (Å²) in [4.78, 5) is 41.9. The molecule has 3 aromatic rings. The Balaban J connectivity index is 1.38. The number of carbonyl (C=O) groups excluding carboxylic acids is 2. The monoisotopic (exact) mass is 594 g/mol. The fourth-order valence-corrected chi connectivity index (χ4v) is 6.42. The normalized spacial score (nSPS) is 16.9. The Kier molecular flexibility index (Phi) is 7.78. The first-order valence-electron chi connectivity index (χ1n) is 11.8. The number of aromatic nitrogens is 3. The van der Waals surface area contributed by atoms with Gasteiger partial charge in [-0.3, -0.25) is 29.6 Å². The summed E-state index contributed by atoms with van der Waals surface area (Å²) in [5.41, 5.74) is 8.56. The molecule has 0 saturated heterocycles. The molecule has 3 N–H and O–H groups in total. The van der Waals surface area contributed by atoms with Crippen LogP contribution in [-0.2, 0) is 9.59 Å². The van der Waals surface area contributed by atoms with Crippen molar-refractivity contribution in [2.75, 3.05) is 16.0 Å². The van der Waals surface area contributed by atoms with Crippen LogP contribution in [-0.4, -0.2) is 37.5 Å². The van der Waals surface area contributed by atoms with Gasteiger partial charge in [-0.25, -0.2) is 0 Å². The number of hydrogen-bond donors (Lipinski definition) is 2. The third-order valence-electron chi connectivity index (χ3n) is 6.28. The number of hydrogen-bond acceptors (Lipinski definition) is 12. The van der Waals surface area contributed by atoms with E-state index in [9.17, 15) is 25.0 Å². The van der Waals surface area contributed by atoms with E-state index < -0.39 is 16.7 Å². The lowest BCUT2D eigenvalue weighted by Crippen LogP contribution is -2.38. The SMILES string of the molecule is N#CC1=C(N)N(c2nnc(SCC(=O)Nc3cc([N+](=O)[O-])ccc3Cl)s2)C2=C(C(=O)CCC2)C1c1cccnc1. The van der Waals surface area contributed by atoms with E-state index in [0.717, 1.165) is 23.1 Å². The number of pyridine rings is 1. The molecular formula is C25H19ClN8O4S2. The Morgan fingerprint density at radius 1 is 1.35 bits per heavy atom. The highest BCUT2D eigenvalue weighted by Crippen LogP contribution is 2.47. The zero-order valence-corrected chi connectivity index (χ0v) is 22.9. The number of benzene rings is 1. The number of nitro groups is 1. The number of Topliss-reactive ketones (excluding diaryl/α,β-unsaturated/α-hetero) is 1. The summed E-state index contributed by atoms with van der Waals surface area (Å²) in [5.74, 6) is -1.04. The number of halogens is 1. The number of nitrogens with two attached hydrogens (primary N) is 1. The molecule has 15 heteroatoms. The van der Waals surface area contributed by atoms with Gasteiger partial charge >= 0.3 is 0 Å². The van der Waals surface area contributed by atoms with Crippen molar-refractivity contribution < 1.29 is 14.5 Å². The maximum atomic E-state index is 13.2. The zero-order chi connectivity index (χ0) is 28.4. The van der Waals surface area contributed by atoms with Crippen LogP contribution in [0.4, 0.5) is 16.5 Å². The van der Waals surface area contributed by atoms with Crippen molar-refractivity contribution >= 4 is 62.9 Å². The number of nitrogens with zero attached hydrogens (tertiary/aromatic N) is 6. The summed E-state index contributed by atoms with van der Waals surface area (Å²) in [5, 5.41) is 32.6. The van der Waals surface area contributed by atoms with Gasteiger partial charge in [-0.05, 0) is 30.5 Å². The van der Waals surface area contributed by atoms with Crippen molar-refractivity contribution in [2.24, 2.45) is 5.73 Å². The summed E-state index contributed by atoms with van der Waals surface area (Å²) in [6.07, 6.45) is 4.80. The van der Waals surface area contributed by atoms with E-state index in [4.69, 9.17) is 17.3 Å². The number of nitrogens with one attached hydrogen (secondary N) is 1. The topological polar surface area (TPSA) is 181 Å². The van der Waals surface area contributed by atoms with Gasteiger partial charge in [0.2, 0.25) is 11.0 Å². The number of nitriles is 1. The Morgan fingerprint density at radius 2 is 2.17 bits per heavy atom. The Bertz CT molecular complexity index is 1630. The first-order chi connectivity index (χ1) is 19.3. The largest absolute Gasteiger partial charge is 0.384 e. The molecule has 0 fully saturated rings. The lowest BCUT2D eigenvalue weighted by Gasteiger charge is -2.37. The van der Waals surface area contributed by atoms with Crippen molar-refractivity contribution in [3.05, 3.63) is 86.1 Å². The Hall–Kier alpha value is -4.32. The number of non-ortho nitro benzene ring substituents is 1. The molecule has 1 aromatic carbocycles. The van der Waals surface area contributed by atoms with E-state index in [2.05, 4.69) is 26.6 Å². The lowest BCUT2D eigenvalue weighted by molar-refractivity contribution is -0.384. The van der Waals surface area contributed by atoms with E-state index >= 15 is 0 Å². The smallest absolute Gasteiger partial charge is 0.271 e. The molecule has 1 amide bonds. The summed E-state index contributed by atoms with van der Waals surface area (Å²) < 4.78 is 0.445. The summed E-state index contributed by atoms with van der Waals surface area (Å²) in [6.45, 7) is 0. The van der Waals surface area contributed by atoms with Gasteiger partial charge in [0.15, 0.2) is 10.1 Å². The summed E-state index contributed by atoms with van der Waals surface area (Å²) >= 11 is 8.32. The number of amides is 1. The van der Waals surface area contributed by atoms with Crippen LogP contribution in [0.3, 0.4) is 0 Å². The molecule has 2 aromatic heterocycles. The quantitative estimate of drug-likeness (QED) is 0.223. The highest BCUT2D eigenvalue weighted by molar-refractivity contribution is 8.01. The van der Waals surface area contributed by atoms with Crippen LogP contribution in [0, 0.1) is 21.4 Å². The van der Waals surface area contributed by atoms with E-state index in [1.165, 1.54) is 18.2 Å². The molecule has 1 aliphatic heterocycles. The van der Waals surface area contributed by atoms with Crippen LogP contribution in [0.15, 0.2) is 69.7 Å². The minimum absolute atomic E-state index is 0.0593. The molecule has 0 spiro atoms. The average molecular weight is 595 g/mol.